The first-order chi connectivity index (χ1) is 7.67. The molecule has 1 aliphatic carbocycles. The second-order valence-electron chi connectivity index (χ2n) is 4.70. The van der Waals surface area contributed by atoms with Gasteiger partial charge in [-0.25, -0.2) is 0 Å². The van der Waals surface area contributed by atoms with E-state index >= 15 is 0 Å². The highest BCUT2D eigenvalue weighted by Crippen LogP contribution is 2.26. The molecule has 1 rings (SSSR count). The molecule has 94 valence electrons. The quantitative estimate of drug-likeness (QED) is 0.739. The van der Waals surface area contributed by atoms with Crippen molar-refractivity contribution >= 4 is 5.91 Å². The van der Waals surface area contributed by atoms with Crippen LogP contribution in [-0.2, 0) is 9.53 Å². The van der Waals surface area contributed by atoms with Gasteiger partial charge in [-0.1, -0.05) is 13.3 Å². The van der Waals surface area contributed by atoms with Gasteiger partial charge in [-0.2, -0.15) is 0 Å². The van der Waals surface area contributed by atoms with Crippen LogP contribution in [0.5, 0.6) is 0 Å². The zero-order valence-corrected chi connectivity index (χ0v) is 10.4. The van der Waals surface area contributed by atoms with Crippen LogP contribution in [0.15, 0.2) is 0 Å². The molecule has 3 N–H and O–H groups in total. The lowest BCUT2D eigenvalue weighted by molar-refractivity contribution is -0.124. The Morgan fingerprint density at radius 2 is 2.06 bits per heavy atom. The molecule has 0 aromatic heterocycles. The molecule has 1 saturated carbocycles. The number of ether oxygens (including phenoxy) is 1. The number of carbonyl (C=O) groups excluding carboxylic acids is 1. The molecule has 1 atom stereocenters. The minimum absolute atomic E-state index is 0.0817. The number of carbonyl (C=O) groups is 1. The normalized spacial score (nSPS) is 27.4. The summed E-state index contributed by atoms with van der Waals surface area (Å²) in [7, 11) is 1.56. The number of nitrogens with two attached hydrogens (primary N) is 1. The van der Waals surface area contributed by atoms with Gasteiger partial charge in [0.25, 0.3) is 0 Å². The van der Waals surface area contributed by atoms with Gasteiger partial charge in [0.1, 0.15) is 6.04 Å². The first-order valence-corrected chi connectivity index (χ1v) is 6.22. The molecule has 0 saturated heterocycles. The third kappa shape index (κ3) is 4.10. The van der Waals surface area contributed by atoms with E-state index < -0.39 is 6.04 Å². The molecular weight excluding hydrogens is 204 g/mol. The summed E-state index contributed by atoms with van der Waals surface area (Å²) in [5.41, 5.74) is 5.66. The highest BCUT2D eigenvalue weighted by atomic mass is 16.5. The minimum Gasteiger partial charge on any atom is -0.383 e. The number of hydrogen-bond donors (Lipinski definition) is 2. The number of amides is 1. The standard InChI is InChI=1S/C12H24N2O2/c1-3-9-4-6-10(7-5-9)14-12(15)11(13)8-16-2/h9-11H,3-8,13H2,1-2H3,(H,14,15). The van der Waals surface area contributed by atoms with Crippen molar-refractivity contribution in [3.05, 3.63) is 0 Å². The second-order valence-corrected chi connectivity index (χ2v) is 4.70. The van der Waals surface area contributed by atoms with E-state index in [2.05, 4.69) is 12.2 Å². The van der Waals surface area contributed by atoms with Gasteiger partial charge >= 0.3 is 0 Å². The summed E-state index contributed by atoms with van der Waals surface area (Å²) in [4.78, 5) is 11.6. The van der Waals surface area contributed by atoms with Gasteiger partial charge in [0, 0.05) is 13.2 Å². The molecule has 4 nitrogen and oxygen atoms in total. The first-order valence-electron chi connectivity index (χ1n) is 6.22. The molecule has 1 fully saturated rings. The number of methoxy groups -OCH3 is 1. The van der Waals surface area contributed by atoms with Crippen molar-refractivity contribution in [3.8, 4) is 0 Å². The predicted molar refractivity (Wildman–Crippen MR) is 64.0 cm³/mol. The van der Waals surface area contributed by atoms with Crippen LogP contribution in [0.25, 0.3) is 0 Å². The van der Waals surface area contributed by atoms with E-state index in [1.54, 1.807) is 7.11 Å². The van der Waals surface area contributed by atoms with E-state index in [0.29, 0.717) is 6.04 Å². The van der Waals surface area contributed by atoms with E-state index in [0.717, 1.165) is 18.8 Å². The molecule has 0 aromatic carbocycles. The summed E-state index contributed by atoms with van der Waals surface area (Å²) < 4.78 is 4.86. The highest BCUT2D eigenvalue weighted by Gasteiger charge is 2.23. The molecular formula is C12H24N2O2. The number of rotatable bonds is 5. The Balaban J connectivity index is 2.25. The number of hydrogen-bond acceptors (Lipinski definition) is 3. The minimum atomic E-state index is -0.533. The van der Waals surface area contributed by atoms with Gasteiger partial charge in [-0.05, 0) is 31.6 Å². The maximum atomic E-state index is 11.6. The smallest absolute Gasteiger partial charge is 0.239 e. The lowest BCUT2D eigenvalue weighted by Gasteiger charge is -2.29. The molecule has 16 heavy (non-hydrogen) atoms. The monoisotopic (exact) mass is 228 g/mol. The summed E-state index contributed by atoms with van der Waals surface area (Å²) in [6.45, 7) is 2.52. The van der Waals surface area contributed by atoms with E-state index in [4.69, 9.17) is 10.5 Å². The Labute approximate surface area is 97.9 Å². The Hall–Kier alpha value is -0.610. The Morgan fingerprint density at radius 1 is 1.44 bits per heavy atom. The van der Waals surface area contributed by atoms with E-state index in [9.17, 15) is 4.79 Å². The van der Waals surface area contributed by atoms with Crippen molar-refractivity contribution in [2.75, 3.05) is 13.7 Å². The molecule has 1 amide bonds. The fraction of sp³-hybridized carbons (Fsp3) is 0.917. The van der Waals surface area contributed by atoms with Crippen LogP contribution in [0.1, 0.15) is 39.0 Å². The Kier molecular flexibility index (Phi) is 5.77. The van der Waals surface area contributed by atoms with Gasteiger partial charge in [0.05, 0.1) is 6.61 Å². The zero-order valence-electron chi connectivity index (χ0n) is 10.4. The third-order valence-corrected chi connectivity index (χ3v) is 3.45. The lowest BCUT2D eigenvalue weighted by atomic mass is 9.84. The van der Waals surface area contributed by atoms with Crippen LogP contribution >= 0.6 is 0 Å². The van der Waals surface area contributed by atoms with Crippen molar-refractivity contribution in [1.82, 2.24) is 5.32 Å². The molecule has 0 spiro atoms. The van der Waals surface area contributed by atoms with Gasteiger partial charge in [0.2, 0.25) is 5.91 Å². The molecule has 1 unspecified atom stereocenters. The largest absolute Gasteiger partial charge is 0.383 e. The second kappa shape index (κ2) is 6.86. The molecule has 4 heteroatoms. The average Bonchev–Trinajstić information content (AvgIpc) is 2.30. The molecule has 0 aromatic rings. The zero-order chi connectivity index (χ0) is 12.0. The van der Waals surface area contributed by atoms with Crippen LogP contribution in [0.4, 0.5) is 0 Å². The van der Waals surface area contributed by atoms with E-state index in [1.807, 2.05) is 0 Å². The Bertz CT molecular complexity index is 213. The lowest BCUT2D eigenvalue weighted by Crippen LogP contribution is -2.48. The molecule has 0 radical (unpaired) electrons. The predicted octanol–water partition coefficient (Wildman–Crippen LogP) is 1.05. The highest BCUT2D eigenvalue weighted by molar-refractivity contribution is 5.81. The van der Waals surface area contributed by atoms with Crippen LogP contribution in [-0.4, -0.2) is 31.7 Å². The fourth-order valence-electron chi connectivity index (χ4n) is 2.28. The van der Waals surface area contributed by atoms with Crippen molar-refractivity contribution in [2.45, 2.75) is 51.1 Å². The maximum absolute atomic E-state index is 11.6. The van der Waals surface area contributed by atoms with Crippen molar-refractivity contribution < 1.29 is 9.53 Å². The van der Waals surface area contributed by atoms with Crippen molar-refractivity contribution in [2.24, 2.45) is 11.7 Å². The summed E-state index contributed by atoms with van der Waals surface area (Å²) in [6.07, 6.45) is 5.87. The SMILES string of the molecule is CCC1CCC(NC(=O)C(N)COC)CC1. The maximum Gasteiger partial charge on any atom is 0.239 e. The van der Waals surface area contributed by atoms with Crippen molar-refractivity contribution in [1.29, 1.82) is 0 Å². The van der Waals surface area contributed by atoms with E-state index in [1.165, 1.54) is 19.3 Å². The number of nitrogens with one attached hydrogen (secondary N) is 1. The summed E-state index contributed by atoms with van der Waals surface area (Å²) in [6, 6.07) is -0.216. The van der Waals surface area contributed by atoms with E-state index in [-0.39, 0.29) is 12.5 Å². The van der Waals surface area contributed by atoms with Gasteiger partial charge < -0.3 is 15.8 Å². The molecule has 0 heterocycles. The third-order valence-electron chi connectivity index (χ3n) is 3.45. The summed E-state index contributed by atoms with van der Waals surface area (Å²) >= 11 is 0. The van der Waals surface area contributed by atoms with Crippen LogP contribution in [0.2, 0.25) is 0 Å². The molecule has 0 aliphatic heterocycles. The summed E-state index contributed by atoms with van der Waals surface area (Å²) in [5, 5.41) is 3.00. The van der Waals surface area contributed by atoms with Crippen LogP contribution in [0, 0.1) is 5.92 Å². The first kappa shape index (κ1) is 13.5. The van der Waals surface area contributed by atoms with Gasteiger partial charge in [-0.3, -0.25) is 4.79 Å². The van der Waals surface area contributed by atoms with Crippen molar-refractivity contribution in [3.63, 3.8) is 0 Å². The fourth-order valence-corrected chi connectivity index (χ4v) is 2.28. The van der Waals surface area contributed by atoms with Gasteiger partial charge in [-0.15, -0.1) is 0 Å². The molecule has 1 aliphatic rings. The van der Waals surface area contributed by atoms with Crippen LogP contribution < -0.4 is 11.1 Å². The topological polar surface area (TPSA) is 64.4 Å². The average molecular weight is 228 g/mol. The molecule has 0 bridgehead atoms. The Morgan fingerprint density at radius 3 is 2.56 bits per heavy atom. The summed E-state index contributed by atoms with van der Waals surface area (Å²) in [5.74, 6) is 0.766. The van der Waals surface area contributed by atoms with Gasteiger partial charge in [0.15, 0.2) is 0 Å². The van der Waals surface area contributed by atoms with Crippen LogP contribution in [0.3, 0.4) is 0 Å².